The number of fused-ring (bicyclic) bond motifs is 2. The maximum absolute atomic E-state index is 6.70. The Labute approximate surface area is 199 Å². The molecule has 4 aromatic rings. The standard InChI is InChI=1S/C24H35N3O3Si3/c1-31(2,3)29-33(7,30-32(4,5)6)18-12-17-27-21-15-10-8-13-19(21)25-23(27)24-26-20-14-9-11-16-22(20)28-24/h8-11,13-16H,12,17-18H2,1-7H3. The van der Waals surface area contributed by atoms with Crippen LogP contribution in [0.1, 0.15) is 6.42 Å². The van der Waals surface area contributed by atoms with Crippen molar-refractivity contribution >= 4 is 47.3 Å². The lowest BCUT2D eigenvalue weighted by Gasteiger charge is -2.38. The summed E-state index contributed by atoms with van der Waals surface area (Å²) in [4.78, 5) is 9.59. The third-order valence-electron chi connectivity index (χ3n) is 5.20. The van der Waals surface area contributed by atoms with Crippen molar-refractivity contribution in [2.45, 2.75) is 64.8 Å². The van der Waals surface area contributed by atoms with Crippen molar-refractivity contribution in [1.29, 1.82) is 0 Å². The van der Waals surface area contributed by atoms with Crippen molar-refractivity contribution in [3.63, 3.8) is 0 Å². The Bertz CT molecular complexity index is 1210. The van der Waals surface area contributed by atoms with Crippen LogP contribution >= 0.6 is 0 Å². The summed E-state index contributed by atoms with van der Waals surface area (Å²) in [6, 6.07) is 17.0. The van der Waals surface area contributed by atoms with E-state index in [1.165, 1.54) is 0 Å². The van der Waals surface area contributed by atoms with Gasteiger partial charge in [0.05, 0.1) is 11.0 Å². The molecule has 0 radical (unpaired) electrons. The second-order valence-electron chi connectivity index (χ2n) is 10.7. The smallest absolute Gasteiger partial charge is 0.314 e. The molecule has 0 saturated carbocycles. The molecule has 0 atom stereocenters. The van der Waals surface area contributed by atoms with Crippen LogP contribution in [0, 0.1) is 0 Å². The van der Waals surface area contributed by atoms with Crippen LogP contribution in [-0.2, 0) is 14.8 Å². The van der Waals surface area contributed by atoms with E-state index >= 15 is 0 Å². The van der Waals surface area contributed by atoms with E-state index in [0.717, 1.165) is 47.0 Å². The predicted octanol–water partition coefficient (Wildman–Crippen LogP) is 7.01. The van der Waals surface area contributed by atoms with Gasteiger partial charge in [0.25, 0.3) is 5.89 Å². The third-order valence-corrected chi connectivity index (χ3v) is 14.8. The predicted molar refractivity (Wildman–Crippen MR) is 143 cm³/mol. The summed E-state index contributed by atoms with van der Waals surface area (Å²) >= 11 is 0. The molecule has 2 aromatic carbocycles. The molecule has 0 aliphatic rings. The van der Waals surface area contributed by atoms with E-state index in [9.17, 15) is 0 Å². The van der Waals surface area contributed by atoms with Crippen LogP contribution in [0.25, 0.3) is 33.8 Å². The van der Waals surface area contributed by atoms with Crippen molar-refractivity contribution in [2.24, 2.45) is 0 Å². The van der Waals surface area contributed by atoms with E-state index in [-0.39, 0.29) is 0 Å². The first kappa shape index (κ1) is 24.1. The number of hydrogen-bond donors (Lipinski definition) is 0. The van der Waals surface area contributed by atoms with Gasteiger partial charge in [0.2, 0.25) is 0 Å². The molecular formula is C24H35N3O3Si3. The molecule has 4 rings (SSSR count). The first-order chi connectivity index (χ1) is 15.4. The summed E-state index contributed by atoms with van der Waals surface area (Å²) in [6.07, 6.45) is 0.950. The lowest BCUT2D eigenvalue weighted by atomic mass is 10.3. The highest BCUT2D eigenvalue weighted by atomic mass is 28.5. The molecule has 0 amide bonds. The van der Waals surface area contributed by atoms with Gasteiger partial charge >= 0.3 is 8.56 Å². The highest BCUT2D eigenvalue weighted by molar-refractivity contribution is 6.87. The van der Waals surface area contributed by atoms with Gasteiger partial charge in [-0.05, 0) is 82.6 Å². The van der Waals surface area contributed by atoms with Gasteiger partial charge in [0.15, 0.2) is 28.0 Å². The Morgan fingerprint density at radius 2 is 1.39 bits per heavy atom. The van der Waals surface area contributed by atoms with Gasteiger partial charge in [-0.3, -0.25) is 0 Å². The number of aromatic nitrogens is 3. The molecule has 0 fully saturated rings. The van der Waals surface area contributed by atoms with Crippen molar-refractivity contribution in [2.75, 3.05) is 0 Å². The SMILES string of the molecule is C[Si](C)(C)O[Si](C)(CCCn1c(-c2nc3ccccc3o2)nc2ccccc21)O[Si](C)(C)C. The Kier molecular flexibility index (Phi) is 6.54. The molecule has 0 saturated heterocycles. The van der Waals surface area contributed by atoms with Gasteiger partial charge in [-0.1, -0.05) is 24.3 Å². The molecule has 6 nitrogen and oxygen atoms in total. The van der Waals surface area contributed by atoms with Gasteiger partial charge in [0.1, 0.15) is 5.52 Å². The normalized spacial score (nSPS) is 13.3. The maximum Gasteiger partial charge on any atom is 0.314 e. The fraction of sp³-hybridized carbons (Fsp3) is 0.417. The first-order valence-electron chi connectivity index (χ1n) is 11.6. The average molecular weight is 498 g/mol. The minimum absolute atomic E-state index is 0.559. The van der Waals surface area contributed by atoms with E-state index in [1.54, 1.807) is 0 Å². The summed E-state index contributed by atoms with van der Waals surface area (Å²) in [5, 5.41) is 0. The van der Waals surface area contributed by atoms with Crippen LogP contribution in [0.4, 0.5) is 0 Å². The van der Waals surface area contributed by atoms with Crippen molar-refractivity contribution in [1.82, 2.24) is 14.5 Å². The fourth-order valence-corrected chi connectivity index (χ4v) is 16.9. The lowest BCUT2D eigenvalue weighted by Crippen LogP contribution is -2.52. The molecule has 0 aliphatic heterocycles. The van der Waals surface area contributed by atoms with E-state index in [2.05, 4.69) is 62.5 Å². The molecule has 9 heteroatoms. The molecule has 0 spiro atoms. The molecule has 33 heavy (non-hydrogen) atoms. The molecule has 0 aliphatic carbocycles. The molecule has 0 unspecified atom stereocenters. The monoisotopic (exact) mass is 497 g/mol. The van der Waals surface area contributed by atoms with Crippen LogP contribution in [0.5, 0.6) is 0 Å². The Morgan fingerprint density at radius 3 is 2.03 bits per heavy atom. The molecule has 0 bridgehead atoms. The quantitative estimate of drug-likeness (QED) is 0.233. The first-order valence-corrected chi connectivity index (χ1v) is 21.0. The van der Waals surface area contributed by atoms with Crippen LogP contribution in [0.2, 0.25) is 51.9 Å². The van der Waals surface area contributed by atoms with Gasteiger partial charge < -0.3 is 17.2 Å². The largest absolute Gasteiger partial charge is 0.437 e. The summed E-state index contributed by atoms with van der Waals surface area (Å²) in [6.45, 7) is 16.6. The zero-order chi connectivity index (χ0) is 23.9. The molecular weight excluding hydrogens is 463 g/mol. The van der Waals surface area contributed by atoms with E-state index in [4.69, 9.17) is 22.6 Å². The molecule has 2 heterocycles. The number of imidazole rings is 1. The van der Waals surface area contributed by atoms with Crippen LogP contribution in [-0.4, -0.2) is 39.7 Å². The fourth-order valence-electron chi connectivity index (χ4n) is 4.41. The summed E-state index contributed by atoms with van der Waals surface area (Å²) in [7, 11) is -5.73. The van der Waals surface area contributed by atoms with E-state index < -0.39 is 25.2 Å². The number of para-hydroxylation sites is 4. The number of rotatable bonds is 9. The van der Waals surface area contributed by atoms with E-state index in [1.807, 2.05) is 36.4 Å². The number of hydrogen-bond acceptors (Lipinski definition) is 5. The summed E-state index contributed by atoms with van der Waals surface area (Å²) < 4.78 is 21.7. The molecule has 2 aromatic heterocycles. The zero-order valence-electron chi connectivity index (χ0n) is 20.8. The van der Waals surface area contributed by atoms with E-state index in [0.29, 0.717) is 5.89 Å². The van der Waals surface area contributed by atoms with Crippen LogP contribution < -0.4 is 0 Å². The summed E-state index contributed by atoms with van der Waals surface area (Å²) in [5.41, 5.74) is 3.66. The van der Waals surface area contributed by atoms with Crippen LogP contribution in [0.3, 0.4) is 0 Å². The second-order valence-corrected chi connectivity index (χ2v) is 23.6. The average Bonchev–Trinajstić information content (AvgIpc) is 3.26. The second kappa shape index (κ2) is 8.95. The van der Waals surface area contributed by atoms with Crippen LogP contribution in [0.15, 0.2) is 52.9 Å². The lowest BCUT2D eigenvalue weighted by molar-refractivity contribution is 0.379. The summed E-state index contributed by atoms with van der Waals surface area (Å²) in [5.74, 6) is 1.33. The van der Waals surface area contributed by atoms with Crippen molar-refractivity contribution in [3.8, 4) is 11.7 Å². The Morgan fingerprint density at radius 1 is 0.788 bits per heavy atom. The van der Waals surface area contributed by atoms with Crippen molar-refractivity contribution in [3.05, 3.63) is 48.5 Å². The Hall–Kier alpha value is -2.05. The number of nitrogens with zero attached hydrogens (tertiary/aromatic N) is 3. The van der Waals surface area contributed by atoms with Gasteiger partial charge in [-0.2, -0.15) is 0 Å². The molecule has 0 N–H and O–H groups in total. The zero-order valence-corrected chi connectivity index (χ0v) is 23.8. The third kappa shape index (κ3) is 5.90. The number of oxazole rings is 1. The highest BCUT2D eigenvalue weighted by Crippen LogP contribution is 2.30. The van der Waals surface area contributed by atoms with Gasteiger partial charge in [-0.25, -0.2) is 9.97 Å². The minimum atomic E-state index is -2.29. The highest BCUT2D eigenvalue weighted by Gasteiger charge is 2.39. The maximum atomic E-state index is 6.70. The van der Waals surface area contributed by atoms with Gasteiger partial charge in [0, 0.05) is 6.54 Å². The number of aryl methyl sites for hydroxylation is 1. The minimum Gasteiger partial charge on any atom is -0.437 e. The topological polar surface area (TPSA) is 62.3 Å². The number of benzene rings is 2. The Balaban J connectivity index is 1.63. The molecule has 176 valence electrons. The van der Waals surface area contributed by atoms with Gasteiger partial charge in [-0.15, -0.1) is 0 Å². The van der Waals surface area contributed by atoms with Crippen molar-refractivity contribution < 1.29 is 12.6 Å².